The van der Waals surface area contributed by atoms with Gasteiger partial charge in [-0.15, -0.1) is 0 Å². The Morgan fingerprint density at radius 2 is 1.76 bits per heavy atom. The van der Waals surface area contributed by atoms with Crippen molar-refractivity contribution >= 4 is 23.1 Å². The van der Waals surface area contributed by atoms with Crippen LogP contribution in [0, 0.1) is 25.2 Å². The first kappa shape index (κ1) is 25.6. The fraction of sp³-hybridized carbons (Fsp3) is 0.387. The van der Waals surface area contributed by atoms with Crippen LogP contribution in [0.3, 0.4) is 0 Å². The highest BCUT2D eigenvalue weighted by Gasteiger charge is 2.29. The largest absolute Gasteiger partial charge is 0.382 e. The molecule has 1 N–H and O–H groups in total. The molecule has 0 bridgehead atoms. The Labute approximate surface area is 225 Å². The summed E-state index contributed by atoms with van der Waals surface area (Å²) in [6, 6.07) is 20.8. The van der Waals surface area contributed by atoms with Crippen molar-refractivity contribution < 1.29 is 4.79 Å². The molecule has 0 unspecified atom stereocenters. The van der Waals surface area contributed by atoms with Crippen molar-refractivity contribution in [1.29, 1.82) is 5.26 Å². The molecule has 2 aliphatic heterocycles. The number of piperidine rings is 1. The number of hydrogen-bond acceptors (Lipinski definition) is 6. The summed E-state index contributed by atoms with van der Waals surface area (Å²) in [4.78, 5) is 24.7. The smallest absolute Gasteiger partial charge is 0.254 e. The number of aromatic nitrogens is 1. The number of amides is 1. The van der Waals surface area contributed by atoms with E-state index in [9.17, 15) is 10.1 Å². The average molecular weight is 509 g/mol. The van der Waals surface area contributed by atoms with Gasteiger partial charge in [-0.05, 0) is 75.1 Å². The van der Waals surface area contributed by atoms with Gasteiger partial charge in [0.1, 0.15) is 11.9 Å². The molecule has 196 valence electrons. The summed E-state index contributed by atoms with van der Waals surface area (Å²) in [6.07, 6.45) is 3.77. The number of hydrogen-bond donors (Lipinski definition) is 1. The van der Waals surface area contributed by atoms with E-state index in [1.165, 1.54) is 0 Å². The van der Waals surface area contributed by atoms with Crippen LogP contribution in [0.25, 0.3) is 0 Å². The zero-order valence-electron chi connectivity index (χ0n) is 22.5. The first-order valence-electron chi connectivity index (χ1n) is 13.5. The predicted octanol–water partition coefficient (Wildman–Crippen LogP) is 5.00. The Bertz CT molecular complexity index is 1330. The number of nitriles is 1. The number of pyridine rings is 1. The third-order valence-corrected chi connectivity index (χ3v) is 7.88. The van der Waals surface area contributed by atoms with E-state index in [4.69, 9.17) is 0 Å². The third kappa shape index (κ3) is 5.31. The molecule has 0 spiro atoms. The number of aryl methyl sites for hydroxylation is 2. The van der Waals surface area contributed by atoms with Crippen molar-refractivity contribution in [2.75, 3.05) is 47.8 Å². The number of rotatable bonds is 5. The number of carbonyl (C=O) groups excluding carboxylic acids is 1. The standard InChI is InChI=1S/C31H36N6O/c1-22-18-23(2)28(34-26-11-14-35(15-12-26)29-9-5-4-8-25(29)20-32)19-27(22)31(38)36-16-17-37(24(3)21-36)30-10-6-7-13-33-30/h4-10,13,18-19,24,26,34H,11-12,14-17,21H2,1-3H3/t24-/m0/s1. The predicted molar refractivity (Wildman–Crippen MR) is 153 cm³/mol. The van der Waals surface area contributed by atoms with Crippen LogP contribution in [0.2, 0.25) is 0 Å². The van der Waals surface area contributed by atoms with Crippen LogP contribution in [0.4, 0.5) is 17.2 Å². The summed E-state index contributed by atoms with van der Waals surface area (Å²) in [5.74, 6) is 1.06. The van der Waals surface area contributed by atoms with E-state index in [1.807, 2.05) is 60.5 Å². The topological polar surface area (TPSA) is 75.5 Å². The molecule has 5 rings (SSSR count). The van der Waals surface area contributed by atoms with Gasteiger partial charge in [0.2, 0.25) is 0 Å². The number of carbonyl (C=O) groups is 1. The number of benzene rings is 2. The Balaban J connectivity index is 1.24. The molecule has 7 nitrogen and oxygen atoms in total. The maximum Gasteiger partial charge on any atom is 0.254 e. The van der Waals surface area contributed by atoms with Crippen LogP contribution in [0.5, 0.6) is 0 Å². The molecule has 2 fully saturated rings. The molecular formula is C31H36N6O. The van der Waals surface area contributed by atoms with Gasteiger partial charge in [-0.2, -0.15) is 5.26 Å². The summed E-state index contributed by atoms with van der Waals surface area (Å²) >= 11 is 0. The van der Waals surface area contributed by atoms with Crippen molar-refractivity contribution in [3.8, 4) is 6.07 Å². The van der Waals surface area contributed by atoms with Crippen LogP contribution in [-0.2, 0) is 0 Å². The van der Waals surface area contributed by atoms with Crippen molar-refractivity contribution in [3.05, 3.63) is 83.0 Å². The number of para-hydroxylation sites is 1. The highest BCUT2D eigenvalue weighted by molar-refractivity contribution is 5.97. The van der Waals surface area contributed by atoms with E-state index in [0.29, 0.717) is 19.1 Å². The van der Waals surface area contributed by atoms with Gasteiger partial charge in [-0.25, -0.2) is 4.98 Å². The summed E-state index contributed by atoms with van der Waals surface area (Å²) < 4.78 is 0. The van der Waals surface area contributed by atoms with Gasteiger partial charge in [-0.3, -0.25) is 4.79 Å². The summed E-state index contributed by atoms with van der Waals surface area (Å²) in [5, 5.41) is 13.2. The van der Waals surface area contributed by atoms with E-state index >= 15 is 0 Å². The lowest BCUT2D eigenvalue weighted by atomic mass is 9.99. The van der Waals surface area contributed by atoms with E-state index in [1.54, 1.807) is 0 Å². The molecule has 3 aromatic rings. The van der Waals surface area contributed by atoms with Crippen LogP contribution in [0.1, 0.15) is 46.8 Å². The maximum absolute atomic E-state index is 13.7. The molecule has 38 heavy (non-hydrogen) atoms. The van der Waals surface area contributed by atoms with E-state index in [2.05, 4.69) is 52.2 Å². The van der Waals surface area contributed by atoms with Gasteiger partial charge in [0, 0.05) is 62.3 Å². The molecule has 0 aliphatic carbocycles. The molecule has 7 heteroatoms. The Morgan fingerprint density at radius 1 is 1.00 bits per heavy atom. The molecule has 0 saturated carbocycles. The van der Waals surface area contributed by atoms with Gasteiger partial charge in [-0.1, -0.05) is 24.3 Å². The second kappa shape index (κ2) is 11.1. The summed E-state index contributed by atoms with van der Waals surface area (Å²) in [7, 11) is 0. The van der Waals surface area contributed by atoms with Gasteiger partial charge in [0.15, 0.2) is 0 Å². The third-order valence-electron chi connectivity index (χ3n) is 7.88. The Morgan fingerprint density at radius 3 is 2.47 bits per heavy atom. The first-order chi connectivity index (χ1) is 18.4. The lowest BCUT2D eigenvalue weighted by molar-refractivity contribution is 0.0725. The lowest BCUT2D eigenvalue weighted by Gasteiger charge is -2.40. The molecule has 1 aromatic heterocycles. The normalized spacial score (nSPS) is 18.3. The van der Waals surface area contributed by atoms with Gasteiger partial charge in [0.05, 0.1) is 11.3 Å². The van der Waals surface area contributed by atoms with E-state index in [0.717, 1.165) is 71.9 Å². The van der Waals surface area contributed by atoms with Crippen molar-refractivity contribution in [2.45, 2.75) is 45.7 Å². The average Bonchev–Trinajstić information content (AvgIpc) is 2.95. The van der Waals surface area contributed by atoms with Gasteiger partial charge in [0.25, 0.3) is 5.91 Å². The van der Waals surface area contributed by atoms with Gasteiger partial charge >= 0.3 is 0 Å². The fourth-order valence-electron chi connectivity index (χ4n) is 5.74. The molecule has 2 saturated heterocycles. The van der Waals surface area contributed by atoms with Crippen LogP contribution in [0.15, 0.2) is 60.8 Å². The molecule has 3 heterocycles. The zero-order valence-corrected chi connectivity index (χ0v) is 22.5. The first-order valence-corrected chi connectivity index (χ1v) is 13.5. The molecule has 2 aromatic carbocycles. The van der Waals surface area contributed by atoms with Gasteiger partial charge < -0.3 is 20.0 Å². The molecule has 0 radical (unpaired) electrons. The minimum absolute atomic E-state index is 0.0981. The highest BCUT2D eigenvalue weighted by Crippen LogP contribution is 2.28. The second-order valence-corrected chi connectivity index (χ2v) is 10.5. The maximum atomic E-state index is 13.7. The summed E-state index contributed by atoms with van der Waals surface area (Å²) in [5.41, 5.74) is 5.73. The molecular weight excluding hydrogens is 472 g/mol. The summed E-state index contributed by atoms with van der Waals surface area (Å²) in [6.45, 7) is 10.2. The van der Waals surface area contributed by atoms with Crippen molar-refractivity contribution in [2.24, 2.45) is 0 Å². The van der Waals surface area contributed by atoms with E-state index < -0.39 is 0 Å². The van der Waals surface area contributed by atoms with E-state index in [-0.39, 0.29) is 11.9 Å². The molecule has 1 amide bonds. The second-order valence-electron chi connectivity index (χ2n) is 10.5. The number of anilines is 3. The SMILES string of the molecule is Cc1cc(C)c(C(=O)N2CCN(c3ccccn3)[C@@H](C)C2)cc1NC1CCN(c2ccccc2C#N)CC1. The lowest BCUT2D eigenvalue weighted by Crippen LogP contribution is -2.54. The van der Waals surface area contributed by atoms with Crippen LogP contribution < -0.4 is 15.1 Å². The van der Waals surface area contributed by atoms with Crippen molar-refractivity contribution in [1.82, 2.24) is 9.88 Å². The number of piperazine rings is 1. The Hall–Kier alpha value is -4.05. The Kier molecular flexibility index (Phi) is 7.50. The molecule has 1 atom stereocenters. The van der Waals surface area contributed by atoms with Crippen LogP contribution in [-0.4, -0.2) is 60.6 Å². The molecule has 2 aliphatic rings. The minimum atomic E-state index is 0.0981. The monoisotopic (exact) mass is 508 g/mol. The quantitative estimate of drug-likeness (QED) is 0.523. The number of nitrogens with one attached hydrogen (secondary N) is 1. The van der Waals surface area contributed by atoms with Crippen molar-refractivity contribution in [3.63, 3.8) is 0 Å². The highest BCUT2D eigenvalue weighted by atomic mass is 16.2. The minimum Gasteiger partial charge on any atom is -0.382 e. The van der Waals surface area contributed by atoms with Crippen LogP contribution >= 0.6 is 0 Å². The zero-order chi connectivity index (χ0) is 26.6. The number of nitrogens with zero attached hydrogens (tertiary/aromatic N) is 5. The fourth-order valence-corrected chi connectivity index (χ4v) is 5.74.